The first-order chi connectivity index (χ1) is 11.9. The first-order valence-corrected chi connectivity index (χ1v) is 7.84. The van der Waals surface area contributed by atoms with Gasteiger partial charge in [0, 0.05) is 22.3 Å². The quantitative estimate of drug-likeness (QED) is 0.440. The molecular formula is C22H16O2. The van der Waals surface area contributed by atoms with E-state index in [9.17, 15) is 0 Å². The standard InChI is InChI=1S/C22H16O2/c1-3-7-17(8-4-1)21(19-11-13-23-15-19)22(20-12-14-24-16-20)18-9-5-2-6-10-18/h1-16H. The molecule has 0 N–H and O–H groups in total. The topological polar surface area (TPSA) is 26.3 Å². The van der Waals surface area contributed by atoms with Crippen molar-refractivity contribution in [2.75, 3.05) is 0 Å². The van der Waals surface area contributed by atoms with Crippen LogP contribution in [0.1, 0.15) is 22.3 Å². The maximum Gasteiger partial charge on any atom is 0.0981 e. The lowest BCUT2D eigenvalue weighted by atomic mass is 9.88. The molecule has 0 saturated carbocycles. The number of benzene rings is 2. The van der Waals surface area contributed by atoms with E-state index in [0.717, 1.165) is 33.4 Å². The summed E-state index contributed by atoms with van der Waals surface area (Å²) in [5, 5.41) is 0. The SMILES string of the molecule is c1ccc(C(=C(c2ccccc2)c2ccoc2)c2ccoc2)cc1. The third-order valence-corrected chi connectivity index (χ3v) is 3.99. The molecule has 4 rings (SSSR count). The Labute approximate surface area is 140 Å². The van der Waals surface area contributed by atoms with Gasteiger partial charge in [0.05, 0.1) is 25.1 Å². The maximum absolute atomic E-state index is 5.36. The minimum absolute atomic E-state index is 1.04. The van der Waals surface area contributed by atoms with Gasteiger partial charge < -0.3 is 8.83 Å². The molecule has 2 heterocycles. The highest BCUT2D eigenvalue weighted by molar-refractivity contribution is 6.04. The molecule has 0 saturated heterocycles. The minimum Gasteiger partial charge on any atom is -0.472 e. The van der Waals surface area contributed by atoms with Crippen LogP contribution in [0.4, 0.5) is 0 Å². The highest BCUT2D eigenvalue weighted by Gasteiger charge is 2.17. The number of hydrogen-bond donors (Lipinski definition) is 0. The van der Waals surface area contributed by atoms with Crippen molar-refractivity contribution in [1.82, 2.24) is 0 Å². The van der Waals surface area contributed by atoms with Gasteiger partial charge in [0.15, 0.2) is 0 Å². The number of rotatable bonds is 4. The molecule has 0 spiro atoms. The van der Waals surface area contributed by atoms with Gasteiger partial charge in [0.25, 0.3) is 0 Å². The lowest BCUT2D eigenvalue weighted by Crippen LogP contribution is -1.95. The van der Waals surface area contributed by atoms with E-state index in [1.807, 2.05) is 48.5 Å². The monoisotopic (exact) mass is 312 g/mol. The van der Waals surface area contributed by atoms with Crippen molar-refractivity contribution in [3.63, 3.8) is 0 Å². The first kappa shape index (κ1) is 14.3. The van der Waals surface area contributed by atoms with Gasteiger partial charge in [0.1, 0.15) is 0 Å². The fourth-order valence-electron chi connectivity index (χ4n) is 2.93. The highest BCUT2D eigenvalue weighted by atomic mass is 16.3. The lowest BCUT2D eigenvalue weighted by Gasteiger charge is -2.14. The highest BCUT2D eigenvalue weighted by Crippen LogP contribution is 2.36. The molecule has 24 heavy (non-hydrogen) atoms. The lowest BCUT2D eigenvalue weighted by molar-refractivity contribution is 0.566. The van der Waals surface area contributed by atoms with Crippen LogP contribution in [0.3, 0.4) is 0 Å². The van der Waals surface area contributed by atoms with Crippen molar-refractivity contribution in [3.05, 3.63) is 120 Å². The summed E-state index contributed by atoms with van der Waals surface area (Å²) in [6.07, 6.45) is 6.98. The predicted molar refractivity (Wildman–Crippen MR) is 95.3 cm³/mol. The Kier molecular flexibility index (Phi) is 3.86. The van der Waals surface area contributed by atoms with Gasteiger partial charge in [0.2, 0.25) is 0 Å². The van der Waals surface area contributed by atoms with E-state index in [2.05, 4.69) is 24.3 Å². The first-order valence-electron chi connectivity index (χ1n) is 7.84. The van der Waals surface area contributed by atoms with E-state index in [4.69, 9.17) is 8.83 Å². The molecule has 2 aromatic heterocycles. The fraction of sp³-hybridized carbons (Fsp3) is 0. The van der Waals surface area contributed by atoms with Gasteiger partial charge in [-0.2, -0.15) is 0 Å². The third-order valence-electron chi connectivity index (χ3n) is 3.99. The van der Waals surface area contributed by atoms with Crippen LogP contribution in [0, 0.1) is 0 Å². The second kappa shape index (κ2) is 6.47. The Hall–Kier alpha value is -3.26. The van der Waals surface area contributed by atoms with E-state index >= 15 is 0 Å². The Bertz CT molecular complexity index is 837. The van der Waals surface area contributed by atoms with E-state index in [1.54, 1.807) is 25.1 Å². The van der Waals surface area contributed by atoms with Gasteiger partial charge in [-0.25, -0.2) is 0 Å². The Balaban J connectivity index is 2.07. The molecule has 0 aliphatic rings. The largest absolute Gasteiger partial charge is 0.472 e. The zero-order valence-corrected chi connectivity index (χ0v) is 13.1. The van der Waals surface area contributed by atoms with Crippen molar-refractivity contribution in [1.29, 1.82) is 0 Å². The van der Waals surface area contributed by atoms with Gasteiger partial charge in [-0.15, -0.1) is 0 Å². The molecule has 0 atom stereocenters. The van der Waals surface area contributed by atoms with Crippen LogP contribution in [-0.4, -0.2) is 0 Å². The van der Waals surface area contributed by atoms with Crippen LogP contribution in [0.2, 0.25) is 0 Å². The molecule has 0 aliphatic heterocycles. The maximum atomic E-state index is 5.36. The molecule has 0 aliphatic carbocycles. The van der Waals surface area contributed by atoms with Crippen molar-refractivity contribution >= 4 is 11.1 Å². The summed E-state index contributed by atoms with van der Waals surface area (Å²) in [6.45, 7) is 0. The van der Waals surface area contributed by atoms with Gasteiger partial charge in [-0.05, 0) is 23.3 Å². The molecule has 0 radical (unpaired) electrons. The second-order valence-corrected chi connectivity index (χ2v) is 5.51. The molecule has 4 aromatic rings. The molecule has 2 aromatic carbocycles. The molecular weight excluding hydrogens is 296 g/mol. The minimum atomic E-state index is 1.04. The number of furan rings is 2. The average Bonchev–Trinajstić information content (AvgIpc) is 3.35. The summed E-state index contributed by atoms with van der Waals surface area (Å²) in [5.74, 6) is 0. The van der Waals surface area contributed by atoms with Crippen LogP contribution < -0.4 is 0 Å². The van der Waals surface area contributed by atoms with E-state index in [1.165, 1.54) is 0 Å². The summed E-state index contributed by atoms with van der Waals surface area (Å²) >= 11 is 0. The van der Waals surface area contributed by atoms with Crippen molar-refractivity contribution < 1.29 is 8.83 Å². The van der Waals surface area contributed by atoms with Gasteiger partial charge in [-0.1, -0.05) is 60.7 Å². The van der Waals surface area contributed by atoms with E-state index in [-0.39, 0.29) is 0 Å². The van der Waals surface area contributed by atoms with Gasteiger partial charge >= 0.3 is 0 Å². The Morgan fingerprint density at radius 1 is 0.458 bits per heavy atom. The summed E-state index contributed by atoms with van der Waals surface area (Å²) in [5.41, 5.74) is 6.61. The normalized spacial score (nSPS) is 12.0. The van der Waals surface area contributed by atoms with Crippen LogP contribution in [0.5, 0.6) is 0 Å². The molecule has 116 valence electrons. The van der Waals surface area contributed by atoms with Crippen LogP contribution in [0.25, 0.3) is 11.1 Å². The van der Waals surface area contributed by atoms with Crippen molar-refractivity contribution in [3.8, 4) is 0 Å². The summed E-state index contributed by atoms with van der Waals surface area (Å²) in [4.78, 5) is 0. The van der Waals surface area contributed by atoms with Crippen molar-refractivity contribution in [2.45, 2.75) is 0 Å². The molecule has 0 amide bonds. The molecule has 0 unspecified atom stereocenters. The molecule has 2 heteroatoms. The predicted octanol–water partition coefficient (Wildman–Crippen LogP) is 5.88. The Morgan fingerprint density at radius 2 is 0.875 bits per heavy atom. The zero-order valence-electron chi connectivity index (χ0n) is 13.1. The summed E-state index contributed by atoms with van der Waals surface area (Å²) in [6, 6.07) is 24.7. The smallest absolute Gasteiger partial charge is 0.0981 e. The Morgan fingerprint density at radius 3 is 1.21 bits per heavy atom. The average molecular weight is 312 g/mol. The fourth-order valence-corrected chi connectivity index (χ4v) is 2.93. The summed E-state index contributed by atoms with van der Waals surface area (Å²) in [7, 11) is 0. The zero-order chi connectivity index (χ0) is 16.2. The molecule has 0 bridgehead atoms. The van der Waals surface area contributed by atoms with Crippen LogP contribution in [0.15, 0.2) is 107 Å². The van der Waals surface area contributed by atoms with E-state index < -0.39 is 0 Å². The second-order valence-electron chi connectivity index (χ2n) is 5.51. The molecule has 2 nitrogen and oxygen atoms in total. The van der Waals surface area contributed by atoms with Crippen molar-refractivity contribution in [2.24, 2.45) is 0 Å². The number of hydrogen-bond acceptors (Lipinski definition) is 2. The molecule has 0 fully saturated rings. The van der Waals surface area contributed by atoms with Gasteiger partial charge in [-0.3, -0.25) is 0 Å². The third kappa shape index (κ3) is 2.70. The van der Waals surface area contributed by atoms with E-state index in [0.29, 0.717) is 0 Å². The van der Waals surface area contributed by atoms with Crippen LogP contribution in [-0.2, 0) is 0 Å². The summed E-state index contributed by atoms with van der Waals surface area (Å²) < 4.78 is 10.7. The van der Waals surface area contributed by atoms with Crippen LogP contribution >= 0.6 is 0 Å².